The molecule has 4 unspecified atom stereocenters. The van der Waals surface area contributed by atoms with Crippen molar-refractivity contribution in [2.24, 2.45) is 11.8 Å². The first-order chi connectivity index (χ1) is 28.7. The Hall–Kier alpha value is -4.61. The maximum Gasteiger partial charge on any atom is 0.154 e. The Balaban J connectivity index is 1.05. The fourth-order valence-electron chi connectivity index (χ4n) is 11.7. The van der Waals surface area contributed by atoms with Crippen molar-refractivity contribution in [3.63, 3.8) is 0 Å². The highest BCUT2D eigenvalue weighted by Crippen LogP contribution is 2.61. The number of nitrogens with zero attached hydrogens (tertiary/aromatic N) is 1. The van der Waals surface area contributed by atoms with Gasteiger partial charge in [0.15, 0.2) is 5.76 Å². The van der Waals surface area contributed by atoms with E-state index in [0.717, 1.165) is 66.1 Å². The first-order valence-electron chi connectivity index (χ1n) is 22.1. The fourth-order valence-corrected chi connectivity index (χ4v) is 12.8. The van der Waals surface area contributed by atoms with Crippen molar-refractivity contribution >= 4 is 44.9 Å². The molecule has 3 heteroatoms. The Labute approximate surface area is 358 Å². The third-order valence-corrected chi connectivity index (χ3v) is 15.5. The number of halogens is 1. The number of rotatable bonds is 7. The van der Waals surface area contributed by atoms with Gasteiger partial charge < -0.3 is 9.32 Å². The number of alkyl halides is 1. The van der Waals surface area contributed by atoms with Crippen LogP contribution in [0.15, 0.2) is 161 Å². The molecule has 0 amide bonds. The summed E-state index contributed by atoms with van der Waals surface area (Å²) in [5.74, 6) is 2.57. The molecule has 0 spiro atoms. The van der Waals surface area contributed by atoms with Crippen molar-refractivity contribution in [3.8, 4) is 22.3 Å². The lowest BCUT2D eigenvalue weighted by atomic mass is 9.63. The molecule has 0 N–H and O–H groups in total. The van der Waals surface area contributed by atoms with Crippen LogP contribution in [-0.4, -0.2) is 9.97 Å². The molecule has 1 saturated carbocycles. The molecule has 290 valence electrons. The van der Waals surface area contributed by atoms with Crippen molar-refractivity contribution in [2.75, 3.05) is 4.90 Å². The minimum Gasteiger partial charge on any atom is -0.454 e. The smallest absolute Gasteiger partial charge is 0.154 e. The number of aryl methyl sites for hydroxylation is 1. The molecule has 2 nitrogen and oxygen atoms in total. The van der Waals surface area contributed by atoms with Gasteiger partial charge in [0, 0.05) is 26.1 Å². The van der Waals surface area contributed by atoms with Crippen molar-refractivity contribution in [1.29, 1.82) is 0 Å². The predicted octanol–water partition coefficient (Wildman–Crippen LogP) is 15.0. The van der Waals surface area contributed by atoms with Gasteiger partial charge in [-0.15, -0.1) is 0 Å². The average Bonchev–Trinajstić information content (AvgIpc) is 3.83. The van der Waals surface area contributed by atoms with Gasteiger partial charge in [-0.3, -0.25) is 0 Å². The van der Waals surface area contributed by atoms with Crippen LogP contribution in [0.2, 0.25) is 0 Å². The maximum absolute atomic E-state index is 7.48. The van der Waals surface area contributed by atoms with Gasteiger partial charge in [0.1, 0.15) is 5.58 Å². The molecule has 4 aromatic carbocycles. The van der Waals surface area contributed by atoms with Crippen molar-refractivity contribution < 1.29 is 4.42 Å². The van der Waals surface area contributed by atoms with Gasteiger partial charge in [0.25, 0.3) is 0 Å². The maximum atomic E-state index is 7.48. The molecule has 4 atom stereocenters. The molecule has 0 bridgehead atoms. The topological polar surface area (TPSA) is 16.4 Å². The van der Waals surface area contributed by atoms with Crippen LogP contribution in [0.1, 0.15) is 93.1 Å². The van der Waals surface area contributed by atoms with E-state index in [2.05, 4.69) is 173 Å². The zero-order valence-corrected chi connectivity index (χ0v) is 35.5. The lowest BCUT2D eigenvalue weighted by Gasteiger charge is -2.39. The van der Waals surface area contributed by atoms with Crippen LogP contribution in [0.3, 0.4) is 0 Å². The molecule has 1 aromatic heterocycles. The molecule has 58 heavy (non-hydrogen) atoms. The van der Waals surface area contributed by atoms with Gasteiger partial charge in [0.05, 0.1) is 17.2 Å². The monoisotopic (exact) mass is 869 g/mol. The average molecular weight is 870 g/mol. The van der Waals surface area contributed by atoms with Crippen LogP contribution >= 0.6 is 22.6 Å². The summed E-state index contributed by atoms with van der Waals surface area (Å²) in [6.45, 7) is 0. The van der Waals surface area contributed by atoms with Gasteiger partial charge in [0.2, 0.25) is 0 Å². The van der Waals surface area contributed by atoms with E-state index in [1.54, 1.807) is 0 Å². The van der Waals surface area contributed by atoms with E-state index in [0.29, 0.717) is 5.92 Å². The Bertz CT molecular complexity index is 2530. The number of benzene rings is 4. The SMILES string of the molecule is IC1CCCC(C2C=CC(N(C3=CCCc4c3oc3c5c(ccc43)C(C3=CC=CCC3)(C3=CC=CCC3)c3ccccc3-5)c3ccc(-c4ccccc4)cc3)CC2)C1. The first-order valence-corrected chi connectivity index (χ1v) is 23.3. The molecule has 0 saturated heterocycles. The molecule has 6 aliphatic carbocycles. The van der Waals surface area contributed by atoms with E-state index >= 15 is 0 Å². The highest BCUT2D eigenvalue weighted by Gasteiger charge is 2.49. The van der Waals surface area contributed by atoms with Crippen molar-refractivity contribution in [2.45, 2.75) is 92.4 Å². The molecule has 0 radical (unpaired) electrons. The van der Waals surface area contributed by atoms with Crippen LogP contribution in [0.4, 0.5) is 5.69 Å². The fraction of sp³-hybridized carbons (Fsp3) is 0.309. The lowest BCUT2D eigenvalue weighted by molar-refractivity contribution is 0.273. The molecule has 5 aromatic rings. The highest BCUT2D eigenvalue weighted by molar-refractivity contribution is 14.1. The minimum absolute atomic E-state index is 0.264. The van der Waals surface area contributed by atoms with Crippen LogP contribution in [-0.2, 0) is 11.8 Å². The van der Waals surface area contributed by atoms with Crippen LogP contribution in [0, 0.1) is 11.8 Å². The number of fused-ring (bicyclic) bond motifs is 7. The second-order valence-electron chi connectivity index (χ2n) is 17.5. The van der Waals surface area contributed by atoms with Gasteiger partial charge in [-0.2, -0.15) is 0 Å². The summed E-state index contributed by atoms with van der Waals surface area (Å²) in [5.41, 5.74) is 15.6. The number of anilines is 1. The van der Waals surface area contributed by atoms with E-state index in [-0.39, 0.29) is 11.5 Å². The first kappa shape index (κ1) is 36.5. The summed E-state index contributed by atoms with van der Waals surface area (Å²) in [5, 5.41) is 1.28. The van der Waals surface area contributed by atoms with E-state index in [9.17, 15) is 0 Å². The number of allylic oxidation sites excluding steroid dienone is 10. The molecule has 0 aliphatic heterocycles. The molecular weight excluding hydrogens is 818 g/mol. The molecule has 1 heterocycles. The standard InChI is InChI=1S/C55H52INO/c56-43-21-12-16-40(36-43)39-28-32-45(33-29-39)57(44-30-26-38(27-31-44)37-14-4-1-5-15-37)51-25-13-23-46-47-34-35-50-52(54(47)58-53(46)51)48-22-10-11-24-49(48)55(50,41-17-6-2-7-18-41)42-19-8-3-9-20-42/h1-6,8,10-11,14-15,17,19,22,24-28,30-32,34-35,39-40,43,45H,7,9,12-13,16,18,20-21,23,29,33,36H2. The second-order valence-corrected chi connectivity index (χ2v) is 19.3. The third-order valence-electron chi connectivity index (χ3n) is 14.4. The summed E-state index contributed by atoms with van der Waals surface area (Å²) < 4.78 is 8.31. The molecule has 6 aliphatic rings. The van der Waals surface area contributed by atoms with Crippen molar-refractivity contribution in [3.05, 3.63) is 179 Å². The Morgan fingerprint density at radius 3 is 2.16 bits per heavy atom. The number of furan rings is 1. The zero-order chi connectivity index (χ0) is 38.6. The predicted molar refractivity (Wildman–Crippen MR) is 251 cm³/mol. The van der Waals surface area contributed by atoms with E-state index in [1.807, 2.05) is 0 Å². The normalized spacial score (nSPS) is 24.4. The summed E-state index contributed by atoms with van der Waals surface area (Å²) in [4.78, 5) is 2.64. The van der Waals surface area contributed by atoms with Crippen LogP contribution in [0.5, 0.6) is 0 Å². The highest BCUT2D eigenvalue weighted by atomic mass is 127. The second kappa shape index (κ2) is 15.2. The van der Waals surface area contributed by atoms with E-state index in [1.165, 1.54) is 99.0 Å². The van der Waals surface area contributed by atoms with E-state index in [4.69, 9.17) is 4.42 Å². The summed E-state index contributed by atoms with van der Waals surface area (Å²) in [6, 6.07) is 34.5. The van der Waals surface area contributed by atoms with Gasteiger partial charge in [-0.25, -0.2) is 0 Å². The lowest BCUT2D eigenvalue weighted by Crippen LogP contribution is -2.36. The van der Waals surface area contributed by atoms with Gasteiger partial charge in [-0.05, 0) is 122 Å². The van der Waals surface area contributed by atoms with Gasteiger partial charge in [-0.1, -0.05) is 174 Å². The van der Waals surface area contributed by atoms with E-state index < -0.39 is 0 Å². The van der Waals surface area contributed by atoms with Crippen LogP contribution in [0.25, 0.3) is 38.9 Å². The van der Waals surface area contributed by atoms with Crippen molar-refractivity contribution in [1.82, 2.24) is 0 Å². The summed E-state index contributed by atoms with van der Waals surface area (Å²) in [7, 11) is 0. The Morgan fingerprint density at radius 1 is 0.672 bits per heavy atom. The quantitative estimate of drug-likeness (QED) is 0.0920. The zero-order valence-electron chi connectivity index (χ0n) is 33.4. The Morgan fingerprint density at radius 2 is 1.43 bits per heavy atom. The Kier molecular flexibility index (Phi) is 9.56. The number of hydrogen-bond donors (Lipinski definition) is 0. The molecular formula is C55H52INO. The largest absolute Gasteiger partial charge is 0.454 e. The van der Waals surface area contributed by atoms with Crippen LogP contribution < -0.4 is 4.90 Å². The number of hydrogen-bond acceptors (Lipinski definition) is 2. The molecule has 11 rings (SSSR count). The molecule has 1 fully saturated rings. The summed E-state index contributed by atoms with van der Waals surface area (Å²) in [6.07, 6.45) is 35.9. The third kappa shape index (κ3) is 6.01. The van der Waals surface area contributed by atoms with Gasteiger partial charge >= 0.3 is 0 Å². The summed E-state index contributed by atoms with van der Waals surface area (Å²) >= 11 is 2.71. The minimum atomic E-state index is -0.285.